The van der Waals surface area contributed by atoms with E-state index in [9.17, 15) is 0 Å². The Kier molecular flexibility index (Phi) is 6.94. The van der Waals surface area contributed by atoms with Crippen molar-refractivity contribution in [1.29, 1.82) is 0 Å². The standard InChI is InChI=1S/C25H31N3/c1-5-22(6-2)28(17-24-20(4)15-19(3)16-27-24)18-25-23(13-10-14-26-25)21-11-8-7-9-12-21/h7-16,22H,5-6,17-18H2,1-4H3. The van der Waals surface area contributed by atoms with Gasteiger partial charge in [-0.05, 0) is 49.4 Å². The van der Waals surface area contributed by atoms with Gasteiger partial charge in [-0.15, -0.1) is 0 Å². The van der Waals surface area contributed by atoms with Crippen LogP contribution in [0.15, 0.2) is 60.9 Å². The first-order valence-electron chi connectivity index (χ1n) is 10.3. The molecule has 3 heteroatoms. The van der Waals surface area contributed by atoms with Crippen molar-refractivity contribution in [1.82, 2.24) is 14.9 Å². The number of hydrogen-bond acceptors (Lipinski definition) is 3. The summed E-state index contributed by atoms with van der Waals surface area (Å²) in [6.07, 6.45) is 6.12. The van der Waals surface area contributed by atoms with E-state index in [2.05, 4.69) is 75.1 Å². The summed E-state index contributed by atoms with van der Waals surface area (Å²) < 4.78 is 0. The first kappa shape index (κ1) is 20.2. The molecule has 3 rings (SSSR count). The van der Waals surface area contributed by atoms with E-state index in [4.69, 9.17) is 9.97 Å². The van der Waals surface area contributed by atoms with Crippen molar-refractivity contribution in [3.8, 4) is 11.1 Å². The number of aryl methyl sites for hydroxylation is 2. The zero-order chi connectivity index (χ0) is 19.9. The molecule has 0 fully saturated rings. The normalized spacial score (nSPS) is 11.4. The van der Waals surface area contributed by atoms with Gasteiger partial charge in [0, 0.05) is 37.1 Å². The van der Waals surface area contributed by atoms with Crippen LogP contribution in [0.4, 0.5) is 0 Å². The van der Waals surface area contributed by atoms with E-state index in [1.54, 1.807) is 0 Å². The average molecular weight is 374 g/mol. The smallest absolute Gasteiger partial charge is 0.0622 e. The van der Waals surface area contributed by atoms with Gasteiger partial charge < -0.3 is 0 Å². The zero-order valence-electron chi connectivity index (χ0n) is 17.5. The Morgan fingerprint density at radius 1 is 0.857 bits per heavy atom. The highest BCUT2D eigenvalue weighted by molar-refractivity contribution is 5.65. The lowest BCUT2D eigenvalue weighted by molar-refractivity contribution is 0.164. The number of benzene rings is 1. The quantitative estimate of drug-likeness (QED) is 0.488. The van der Waals surface area contributed by atoms with E-state index in [-0.39, 0.29) is 0 Å². The maximum absolute atomic E-state index is 4.76. The minimum Gasteiger partial charge on any atom is -0.289 e. The lowest BCUT2D eigenvalue weighted by Gasteiger charge is -2.31. The molecule has 0 bridgehead atoms. The monoisotopic (exact) mass is 373 g/mol. The molecule has 0 aliphatic heterocycles. The largest absolute Gasteiger partial charge is 0.289 e. The Morgan fingerprint density at radius 2 is 1.57 bits per heavy atom. The van der Waals surface area contributed by atoms with Gasteiger partial charge in [-0.3, -0.25) is 14.9 Å². The Hall–Kier alpha value is -2.52. The van der Waals surface area contributed by atoms with Gasteiger partial charge in [0.05, 0.1) is 11.4 Å². The van der Waals surface area contributed by atoms with Crippen molar-refractivity contribution < 1.29 is 0 Å². The molecular formula is C25H31N3. The topological polar surface area (TPSA) is 29.0 Å². The van der Waals surface area contributed by atoms with Gasteiger partial charge in [-0.1, -0.05) is 56.3 Å². The van der Waals surface area contributed by atoms with Gasteiger partial charge in [-0.25, -0.2) is 0 Å². The van der Waals surface area contributed by atoms with Crippen molar-refractivity contribution in [3.63, 3.8) is 0 Å². The fraction of sp³-hybridized carbons (Fsp3) is 0.360. The maximum Gasteiger partial charge on any atom is 0.0622 e. The molecule has 2 aromatic heterocycles. The third-order valence-corrected chi connectivity index (χ3v) is 5.46. The predicted molar refractivity (Wildman–Crippen MR) is 117 cm³/mol. The van der Waals surface area contributed by atoms with E-state index in [1.807, 2.05) is 18.5 Å². The molecule has 0 N–H and O–H groups in total. The summed E-state index contributed by atoms with van der Waals surface area (Å²) in [6.45, 7) is 10.5. The van der Waals surface area contributed by atoms with E-state index in [1.165, 1.54) is 22.3 Å². The van der Waals surface area contributed by atoms with Crippen molar-refractivity contribution in [2.45, 2.75) is 59.7 Å². The van der Waals surface area contributed by atoms with Gasteiger partial charge in [0.2, 0.25) is 0 Å². The Balaban J connectivity index is 1.92. The summed E-state index contributed by atoms with van der Waals surface area (Å²) in [5.41, 5.74) is 7.21. The molecule has 3 nitrogen and oxygen atoms in total. The highest BCUT2D eigenvalue weighted by atomic mass is 15.2. The minimum absolute atomic E-state index is 0.508. The summed E-state index contributed by atoms with van der Waals surface area (Å²) in [4.78, 5) is 12.0. The molecule has 0 amide bonds. The molecule has 146 valence electrons. The highest BCUT2D eigenvalue weighted by Crippen LogP contribution is 2.25. The fourth-order valence-corrected chi connectivity index (χ4v) is 3.86. The second-order valence-electron chi connectivity index (χ2n) is 7.52. The molecule has 0 saturated carbocycles. The molecule has 0 saturated heterocycles. The fourth-order valence-electron chi connectivity index (χ4n) is 3.86. The maximum atomic E-state index is 4.76. The Labute approximate surface area is 169 Å². The second-order valence-corrected chi connectivity index (χ2v) is 7.52. The van der Waals surface area contributed by atoms with E-state index in [0.29, 0.717) is 6.04 Å². The van der Waals surface area contributed by atoms with Crippen LogP contribution in [0.1, 0.15) is 49.2 Å². The summed E-state index contributed by atoms with van der Waals surface area (Å²) in [5.74, 6) is 0. The minimum atomic E-state index is 0.508. The molecular weight excluding hydrogens is 342 g/mol. The third kappa shape index (κ3) is 4.85. The van der Waals surface area contributed by atoms with Crippen molar-refractivity contribution in [3.05, 3.63) is 83.4 Å². The number of pyridine rings is 2. The summed E-state index contributed by atoms with van der Waals surface area (Å²) in [6, 6.07) is 17.5. The van der Waals surface area contributed by atoms with Crippen molar-refractivity contribution >= 4 is 0 Å². The highest BCUT2D eigenvalue weighted by Gasteiger charge is 2.20. The molecule has 0 aliphatic rings. The molecule has 0 radical (unpaired) electrons. The van der Waals surface area contributed by atoms with Crippen molar-refractivity contribution in [2.24, 2.45) is 0 Å². The van der Waals surface area contributed by atoms with Gasteiger partial charge in [0.1, 0.15) is 0 Å². The van der Waals surface area contributed by atoms with Crippen LogP contribution in [0.2, 0.25) is 0 Å². The molecule has 0 unspecified atom stereocenters. The van der Waals surface area contributed by atoms with E-state index < -0.39 is 0 Å². The van der Waals surface area contributed by atoms with Crippen LogP contribution in [-0.4, -0.2) is 20.9 Å². The van der Waals surface area contributed by atoms with Gasteiger partial charge >= 0.3 is 0 Å². The predicted octanol–water partition coefficient (Wildman–Crippen LogP) is 5.95. The SMILES string of the molecule is CCC(CC)N(Cc1ncc(C)cc1C)Cc1ncccc1-c1ccccc1. The lowest BCUT2D eigenvalue weighted by Crippen LogP contribution is -2.34. The van der Waals surface area contributed by atoms with Crippen molar-refractivity contribution in [2.75, 3.05) is 0 Å². The van der Waals surface area contributed by atoms with Crippen LogP contribution in [0.3, 0.4) is 0 Å². The van der Waals surface area contributed by atoms with E-state index >= 15 is 0 Å². The number of nitrogens with zero attached hydrogens (tertiary/aromatic N) is 3. The van der Waals surface area contributed by atoms with Crippen LogP contribution >= 0.6 is 0 Å². The second kappa shape index (κ2) is 9.61. The van der Waals surface area contributed by atoms with Crippen LogP contribution in [0.5, 0.6) is 0 Å². The zero-order valence-corrected chi connectivity index (χ0v) is 17.5. The van der Waals surface area contributed by atoms with Gasteiger partial charge in [0.25, 0.3) is 0 Å². The molecule has 28 heavy (non-hydrogen) atoms. The van der Waals surface area contributed by atoms with Crippen LogP contribution in [-0.2, 0) is 13.1 Å². The first-order valence-corrected chi connectivity index (χ1v) is 10.3. The van der Waals surface area contributed by atoms with E-state index in [0.717, 1.165) is 37.3 Å². The molecule has 1 aromatic carbocycles. The summed E-state index contributed by atoms with van der Waals surface area (Å²) >= 11 is 0. The van der Waals surface area contributed by atoms with Gasteiger partial charge in [0.15, 0.2) is 0 Å². The van der Waals surface area contributed by atoms with Crippen LogP contribution < -0.4 is 0 Å². The van der Waals surface area contributed by atoms with Crippen LogP contribution in [0, 0.1) is 13.8 Å². The number of rotatable bonds is 8. The first-order chi connectivity index (χ1) is 13.6. The summed E-state index contributed by atoms with van der Waals surface area (Å²) in [5, 5.41) is 0. The Bertz CT molecular complexity index is 885. The number of hydrogen-bond donors (Lipinski definition) is 0. The average Bonchev–Trinajstić information content (AvgIpc) is 2.72. The van der Waals surface area contributed by atoms with Crippen LogP contribution in [0.25, 0.3) is 11.1 Å². The molecule has 0 spiro atoms. The number of aromatic nitrogens is 2. The molecule has 3 aromatic rings. The third-order valence-electron chi connectivity index (χ3n) is 5.46. The van der Waals surface area contributed by atoms with Gasteiger partial charge in [-0.2, -0.15) is 0 Å². The summed E-state index contributed by atoms with van der Waals surface area (Å²) in [7, 11) is 0. The molecule has 2 heterocycles. The molecule has 0 atom stereocenters. The lowest BCUT2D eigenvalue weighted by atomic mass is 10.0. The Morgan fingerprint density at radius 3 is 2.25 bits per heavy atom. The molecule has 0 aliphatic carbocycles.